The zero-order valence-electron chi connectivity index (χ0n) is 11.2. The number of aryl methyl sites for hydroxylation is 1. The quantitative estimate of drug-likeness (QED) is 0.816. The number of benzene rings is 1. The van der Waals surface area contributed by atoms with Crippen LogP contribution in [0.3, 0.4) is 0 Å². The summed E-state index contributed by atoms with van der Waals surface area (Å²) < 4.78 is 28.3. The standard InChI is InChI=1S/C13H21N3O2S/c1-12-4-2-3-5-13(12)6-7-15-19(17,18)16-10-8-14-9-11-16/h2-5,14-15H,6-11H2,1H3. The molecule has 0 amide bonds. The van der Waals surface area contributed by atoms with Gasteiger partial charge in [0.25, 0.3) is 10.2 Å². The summed E-state index contributed by atoms with van der Waals surface area (Å²) in [6.07, 6.45) is 0.720. The van der Waals surface area contributed by atoms with E-state index in [1.165, 1.54) is 15.4 Å². The van der Waals surface area contributed by atoms with Crippen molar-refractivity contribution in [3.63, 3.8) is 0 Å². The number of nitrogens with zero attached hydrogens (tertiary/aromatic N) is 1. The second kappa shape index (κ2) is 6.47. The maximum atomic E-state index is 12.0. The number of rotatable bonds is 5. The van der Waals surface area contributed by atoms with Crippen molar-refractivity contribution in [3.05, 3.63) is 35.4 Å². The van der Waals surface area contributed by atoms with Gasteiger partial charge in [0.2, 0.25) is 0 Å². The summed E-state index contributed by atoms with van der Waals surface area (Å²) in [5, 5.41) is 3.14. The van der Waals surface area contributed by atoms with Gasteiger partial charge in [-0.15, -0.1) is 0 Å². The molecule has 19 heavy (non-hydrogen) atoms. The Labute approximate surface area is 115 Å². The summed E-state index contributed by atoms with van der Waals surface area (Å²) >= 11 is 0. The van der Waals surface area contributed by atoms with Crippen LogP contribution in [0, 0.1) is 6.92 Å². The van der Waals surface area contributed by atoms with E-state index < -0.39 is 10.2 Å². The maximum absolute atomic E-state index is 12.0. The largest absolute Gasteiger partial charge is 0.314 e. The average molecular weight is 283 g/mol. The van der Waals surface area contributed by atoms with Crippen LogP contribution in [-0.2, 0) is 16.6 Å². The molecule has 6 heteroatoms. The summed E-state index contributed by atoms with van der Waals surface area (Å²) in [5.41, 5.74) is 2.38. The van der Waals surface area contributed by atoms with Crippen molar-refractivity contribution in [2.45, 2.75) is 13.3 Å². The van der Waals surface area contributed by atoms with Gasteiger partial charge in [0.05, 0.1) is 0 Å². The molecule has 1 saturated heterocycles. The van der Waals surface area contributed by atoms with Crippen LogP contribution in [0.5, 0.6) is 0 Å². The minimum atomic E-state index is -3.32. The van der Waals surface area contributed by atoms with E-state index in [0.717, 1.165) is 19.5 Å². The van der Waals surface area contributed by atoms with Crippen LogP contribution in [0.4, 0.5) is 0 Å². The van der Waals surface area contributed by atoms with Gasteiger partial charge in [0, 0.05) is 32.7 Å². The van der Waals surface area contributed by atoms with Crippen molar-refractivity contribution < 1.29 is 8.42 Å². The molecule has 106 valence electrons. The zero-order chi connectivity index (χ0) is 13.7. The van der Waals surface area contributed by atoms with E-state index in [1.54, 1.807) is 0 Å². The molecule has 1 aliphatic rings. The Kier molecular flexibility index (Phi) is 4.93. The topological polar surface area (TPSA) is 61.4 Å². The summed E-state index contributed by atoms with van der Waals surface area (Å²) in [6.45, 7) is 5.01. The number of hydrogen-bond acceptors (Lipinski definition) is 3. The molecule has 2 N–H and O–H groups in total. The predicted molar refractivity (Wildman–Crippen MR) is 76.2 cm³/mol. The molecule has 0 saturated carbocycles. The summed E-state index contributed by atoms with van der Waals surface area (Å²) in [7, 11) is -3.32. The first-order valence-electron chi connectivity index (χ1n) is 6.59. The number of nitrogens with one attached hydrogen (secondary N) is 2. The first-order chi connectivity index (χ1) is 9.09. The molecule has 1 fully saturated rings. The van der Waals surface area contributed by atoms with Crippen LogP contribution in [0.1, 0.15) is 11.1 Å². The molecule has 0 aromatic heterocycles. The van der Waals surface area contributed by atoms with Crippen LogP contribution < -0.4 is 10.0 Å². The normalized spacial score (nSPS) is 17.5. The fourth-order valence-corrected chi connectivity index (χ4v) is 3.39. The predicted octanol–water partition coefficient (Wildman–Crippen LogP) is 0.277. The van der Waals surface area contributed by atoms with Crippen molar-refractivity contribution in [3.8, 4) is 0 Å². The van der Waals surface area contributed by atoms with E-state index in [9.17, 15) is 8.42 Å². The van der Waals surface area contributed by atoms with Gasteiger partial charge in [-0.2, -0.15) is 12.7 Å². The molecule has 2 rings (SSSR count). The summed E-state index contributed by atoms with van der Waals surface area (Å²) in [5.74, 6) is 0. The van der Waals surface area contributed by atoms with Gasteiger partial charge in [0.15, 0.2) is 0 Å². The van der Waals surface area contributed by atoms with Crippen molar-refractivity contribution in [1.29, 1.82) is 0 Å². The second-order valence-electron chi connectivity index (χ2n) is 4.72. The number of hydrogen-bond donors (Lipinski definition) is 2. The van der Waals surface area contributed by atoms with Gasteiger partial charge in [-0.05, 0) is 24.5 Å². The molecule has 1 aromatic rings. The van der Waals surface area contributed by atoms with Gasteiger partial charge >= 0.3 is 0 Å². The molecule has 0 bridgehead atoms. The average Bonchev–Trinajstić information content (AvgIpc) is 2.42. The first kappa shape index (κ1) is 14.5. The lowest BCUT2D eigenvalue weighted by Crippen LogP contribution is -2.50. The highest BCUT2D eigenvalue weighted by Crippen LogP contribution is 2.07. The minimum absolute atomic E-state index is 0.442. The highest BCUT2D eigenvalue weighted by atomic mass is 32.2. The van der Waals surface area contributed by atoms with Crippen LogP contribution in [0.2, 0.25) is 0 Å². The van der Waals surface area contributed by atoms with Gasteiger partial charge in [0.1, 0.15) is 0 Å². The van der Waals surface area contributed by atoms with E-state index >= 15 is 0 Å². The molecule has 0 aliphatic carbocycles. The Balaban J connectivity index is 1.86. The van der Waals surface area contributed by atoms with Crippen molar-refractivity contribution in [1.82, 2.24) is 14.3 Å². The zero-order valence-corrected chi connectivity index (χ0v) is 12.0. The minimum Gasteiger partial charge on any atom is -0.314 e. The maximum Gasteiger partial charge on any atom is 0.279 e. The Hall–Kier alpha value is -0.950. The molecule has 0 atom stereocenters. The molecule has 1 heterocycles. The van der Waals surface area contributed by atoms with Crippen LogP contribution in [0.25, 0.3) is 0 Å². The number of piperazine rings is 1. The molecule has 1 aliphatic heterocycles. The molecule has 0 radical (unpaired) electrons. The fourth-order valence-electron chi connectivity index (χ4n) is 2.18. The summed E-state index contributed by atoms with van der Waals surface area (Å²) in [4.78, 5) is 0. The summed E-state index contributed by atoms with van der Waals surface area (Å²) in [6, 6.07) is 8.05. The molecular formula is C13H21N3O2S. The van der Waals surface area contributed by atoms with E-state index in [-0.39, 0.29) is 0 Å². The van der Waals surface area contributed by atoms with E-state index in [1.807, 2.05) is 31.2 Å². The first-order valence-corrected chi connectivity index (χ1v) is 8.03. The lowest BCUT2D eigenvalue weighted by molar-refractivity contribution is 0.355. The van der Waals surface area contributed by atoms with Crippen molar-refractivity contribution >= 4 is 10.2 Å². The van der Waals surface area contributed by atoms with Gasteiger partial charge in [-0.3, -0.25) is 0 Å². The lowest BCUT2D eigenvalue weighted by atomic mass is 10.1. The fraction of sp³-hybridized carbons (Fsp3) is 0.538. The second-order valence-corrected chi connectivity index (χ2v) is 6.48. The molecule has 1 aromatic carbocycles. The molecule has 5 nitrogen and oxygen atoms in total. The highest BCUT2D eigenvalue weighted by molar-refractivity contribution is 7.87. The Morgan fingerprint density at radius 3 is 2.63 bits per heavy atom. The highest BCUT2D eigenvalue weighted by Gasteiger charge is 2.22. The van der Waals surface area contributed by atoms with Gasteiger partial charge in [-0.25, -0.2) is 4.72 Å². The third-order valence-electron chi connectivity index (χ3n) is 3.36. The van der Waals surface area contributed by atoms with Crippen LogP contribution >= 0.6 is 0 Å². The molecule has 0 spiro atoms. The van der Waals surface area contributed by atoms with Gasteiger partial charge in [-0.1, -0.05) is 24.3 Å². The Morgan fingerprint density at radius 1 is 1.26 bits per heavy atom. The third-order valence-corrected chi connectivity index (χ3v) is 4.97. The smallest absolute Gasteiger partial charge is 0.279 e. The third kappa shape index (κ3) is 4.01. The van der Waals surface area contributed by atoms with E-state index in [2.05, 4.69) is 10.0 Å². The molecule has 0 unspecified atom stereocenters. The molecular weight excluding hydrogens is 262 g/mol. The van der Waals surface area contributed by atoms with Crippen LogP contribution in [-0.4, -0.2) is 45.4 Å². The van der Waals surface area contributed by atoms with Crippen LogP contribution in [0.15, 0.2) is 24.3 Å². The lowest BCUT2D eigenvalue weighted by Gasteiger charge is -2.26. The van der Waals surface area contributed by atoms with E-state index in [0.29, 0.717) is 19.6 Å². The van der Waals surface area contributed by atoms with Crippen molar-refractivity contribution in [2.75, 3.05) is 32.7 Å². The monoisotopic (exact) mass is 283 g/mol. The Morgan fingerprint density at radius 2 is 1.95 bits per heavy atom. The SMILES string of the molecule is Cc1ccccc1CCNS(=O)(=O)N1CCNCC1. The van der Waals surface area contributed by atoms with E-state index in [4.69, 9.17) is 0 Å². The van der Waals surface area contributed by atoms with Crippen molar-refractivity contribution in [2.24, 2.45) is 0 Å². The van der Waals surface area contributed by atoms with Gasteiger partial charge < -0.3 is 5.32 Å². The Bertz CT molecular complexity index is 510.